The third-order valence-corrected chi connectivity index (χ3v) is 9.09. The van der Waals surface area contributed by atoms with E-state index in [-0.39, 0.29) is 31.2 Å². The first-order valence-electron chi connectivity index (χ1n) is 16.6. The monoisotopic (exact) mass is 680 g/mol. The average molecular weight is 681 g/mol. The molecule has 0 heterocycles. The molecule has 0 unspecified atom stereocenters. The Morgan fingerprint density at radius 1 is 0.723 bits per heavy atom. The van der Waals surface area contributed by atoms with Crippen LogP contribution in [-0.2, 0) is 22.0 Å². The van der Waals surface area contributed by atoms with Crippen molar-refractivity contribution in [3.63, 3.8) is 0 Å². The molecule has 4 nitrogen and oxygen atoms in total. The Morgan fingerprint density at radius 3 is 1.98 bits per heavy atom. The Labute approximate surface area is 271 Å². The van der Waals surface area contributed by atoms with Gasteiger partial charge in [-0.05, 0) is 119 Å². The largest absolute Gasteiger partial charge is 0.573 e. The molecule has 2 saturated carbocycles. The van der Waals surface area contributed by atoms with Gasteiger partial charge in [-0.2, -0.15) is 17.6 Å². The minimum absolute atomic E-state index is 0.0231. The highest BCUT2D eigenvalue weighted by Crippen LogP contribution is 2.43. The molecule has 4 rings (SSSR count). The molecule has 2 aromatic carbocycles. The summed E-state index contributed by atoms with van der Waals surface area (Å²) in [5.74, 6) is -2.15. The lowest BCUT2D eigenvalue weighted by Gasteiger charge is -2.37. The fourth-order valence-corrected chi connectivity index (χ4v) is 6.40. The van der Waals surface area contributed by atoms with Crippen LogP contribution in [0.2, 0.25) is 0 Å². The highest BCUT2D eigenvalue weighted by Gasteiger charge is 2.46. The number of benzene rings is 2. The van der Waals surface area contributed by atoms with Crippen LogP contribution in [0.15, 0.2) is 42.5 Å². The van der Waals surface area contributed by atoms with Crippen LogP contribution in [-0.4, -0.2) is 31.3 Å². The van der Waals surface area contributed by atoms with E-state index in [1.54, 1.807) is 0 Å². The van der Waals surface area contributed by atoms with Crippen molar-refractivity contribution < 1.29 is 54.1 Å². The second-order valence-corrected chi connectivity index (χ2v) is 12.7. The Bertz CT molecular complexity index is 1220. The van der Waals surface area contributed by atoms with E-state index in [0.717, 1.165) is 50.7 Å². The molecule has 0 saturated heterocycles. The van der Waals surface area contributed by atoms with E-state index in [9.17, 15) is 26.3 Å². The maximum absolute atomic E-state index is 15.1. The Kier molecular flexibility index (Phi) is 13.2. The van der Waals surface area contributed by atoms with E-state index in [1.807, 2.05) is 6.92 Å². The van der Waals surface area contributed by atoms with E-state index < -0.39 is 48.3 Å². The van der Waals surface area contributed by atoms with Crippen LogP contribution in [0.25, 0.3) is 0 Å². The van der Waals surface area contributed by atoms with Crippen molar-refractivity contribution >= 4 is 0 Å². The first kappa shape index (κ1) is 37.2. The van der Waals surface area contributed by atoms with Gasteiger partial charge in [-0.3, -0.25) is 0 Å². The summed E-state index contributed by atoms with van der Waals surface area (Å²) >= 11 is 0. The van der Waals surface area contributed by atoms with Gasteiger partial charge in [-0.25, -0.2) is 4.39 Å². The number of unbranched alkanes of at least 4 members (excludes halogenated alkanes) is 2. The topological polar surface area (TPSA) is 36.9 Å². The van der Waals surface area contributed by atoms with Gasteiger partial charge >= 0.3 is 18.6 Å². The van der Waals surface area contributed by atoms with Crippen molar-refractivity contribution in [1.29, 1.82) is 0 Å². The van der Waals surface area contributed by atoms with Crippen LogP contribution in [0.5, 0.6) is 11.5 Å². The standard InChI is InChI=1S/C35H44F8O4/c1-2-3-22-44-28-17-11-26(12-18-28)33(37,38)46-30-19-13-27(14-20-30)34(39,40)45-29-15-8-24(9-16-29)6-4-5-7-25-10-21-32(31(36)23-25)47-35(41,42)43/h10-12,17-18,21,23-24,27,29-30H,2-9,13-16,19-20,22H2,1H3. The van der Waals surface area contributed by atoms with Crippen LogP contribution in [0.1, 0.15) is 102 Å². The number of aryl methyl sites for hydroxylation is 1. The minimum Gasteiger partial charge on any atom is -0.494 e. The van der Waals surface area contributed by atoms with Gasteiger partial charge in [0.05, 0.1) is 30.3 Å². The molecule has 0 atom stereocenters. The van der Waals surface area contributed by atoms with Crippen molar-refractivity contribution in [3.05, 3.63) is 59.4 Å². The van der Waals surface area contributed by atoms with Crippen LogP contribution in [0.3, 0.4) is 0 Å². The van der Waals surface area contributed by atoms with Crippen molar-refractivity contribution in [2.45, 2.75) is 128 Å². The highest BCUT2D eigenvalue weighted by atomic mass is 19.4. The number of alkyl halides is 7. The van der Waals surface area contributed by atoms with Gasteiger partial charge in [-0.1, -0.05) is 32.3 Å². The Balaban J connectivity index is 1.12. The predicted octanol–water partition coefficient (Wildman–Crippen LogP) is 11.1. The van der Waals surface area contributed by atoms with Gasteiger partial charge in [0.2, 0.25) is 0 Å². The summed E-state index contributed by atoms with van der Waals surface area (Å²) in [4.78, 5) is 0. The highest BCUT2D eigenvalue weighted by molar-refractivity contribution is 5.30. The molecule has 2 aliphatic carbocycles. The number of hydrogen-bond donors (Lipinski definition) is 0. The number of hydrogen-bond acceptors (Lipinski definition) is 4. The number of rotatable bonds is 16. The lowest BCUT2D eigenvalue weighted by atomic mass is 9.83. The molecule has 264 valence electrons. The van der Waals surface area contributed by atoms with Gasteiger partial charge in [0.25, 0.3) is 0 Å². The summed E-state index contributed by atoms with van der Waals surface area (Å²) < 4.78 is 130. The van der Waals surface area contributed by atoms with Crippen LogP contribution < -0.4 is 9.47 Å². The summed E-state index contributed by atoms with van der Waals surface area (Å²) in [6.45, 7) is 2.53. The molecule has 0 amide bonds. The molecule has 47 heavy (non-hydrogen) atoms. The van der Waals surface area contributed by atoms with Crippen molar-refractivity contribution in [3.8, 4) is 11.5 Å². The summed E-state index contributed by atoms with van der Waals surface area (Å²) in [5.41, 5.74) is 0.263. The second-order valence-electron chi connectivity index (χ2n) is 12.7. The van der Waals surface area contributed by atoms with Gasteiger partial charge in [0, 0.05) is 0 Å². The summed E-state index contributed by atoms with van der Waals surface area (Å²) in [7, 11) is 0. The number of ether oxygens (including phenoxy) is 4. The molecular formula is C35H44F8O4. The molecule has 0 aliphatic heterocycles. The maximum atomic E-state index is 15.1. The van der Waals surface area contributed by atoms with Crippen LogP contribution >= 0.6 is 0 Å². The van der Waals surface area contributed by atoms with Gasteiger partial charge in [0.15, 0.2) is 11.6 Å². The third kappa shape index (κ3) is 11.8. The van der Waals surface area contributed by atoms with E-state index in [1.165, 1.54) is 30.3 Å². The van der Waals surface area contributed by atoms with Gasteiger partial charge < -0.3 is 18.9 Å². The fraction of sp³-hybridized carbons (Fsp3) is 0.657. The molecule has 0 N–H and O–H groups in total. The molecule has 2 aromatic rings. The quantitative estimate of drug-likeness (QED) is 0.131. The molecule has 0 bridgehead atoms. The van der Waals surface area contributed by atoms with Crippen LogP contribution in [0.4, 0.5) is 35.1 Å². The molecule has 0 radical (unpaired) electrons. The molecule has 2 fully saturated rings. The third-order valence-electron chi connectivity index (χ3n) is 9.09. The number of halogens is 8. The maximum Gasteiger partial charge on any atom is 0.573 e. The first-order valence-corrected chi connectivity index (χ1v) is 16.6. The van der Waals surface area contributed by atoms with Gasteiger partial charge in [0.1, 0.15) is 5.75 Å². The molecule has 2 aliphatic rings. The van der Waals surface area contributed by atoms with Crippen molar-refractivity contribution in [1.82, 2.24) is 0 Å². The van der Waals surface area contributed by atoms with E-state index in [0.29, 0.717) is 49.5 Å². The van der Waals surface area contributed by atoms with Crippen LogP contribution in [0, 0.1) is 17.7 Å². The lowest BCUT2D eigenvalue weighted by molar-refractivity contribution is -0.311. The van der Waals surface area contributed by atoms with E-state index in [4.69, 9.17) is 14.2 Å². The molecular weight excluding hydrogens is 636 g/mol. The minimum atomic E-state index is -4.96. The normalized spacial score (nSPS) is 22.7. The van der Waals surface area contributed by atoms with E-state index >= 15 is 8.78 Å². The van der Waals surface area contributed by atoms with Gasteiger partial charge in [-0.15, -0.1) is 13.2 Å². The molecule has 0 aromatic heterocycles. The lowest BCUT2D eigenvalue weighted by Crippen LogP contribution is -2.40. The van der Waals surface area contributed by atoms with E-state index in [2.05, 4.69) is 4.74 Å². The SMILES string of the molecule is CCCCOc1ccc(C(F)(F)OC2CCC(C(F)(F)OC3CCC(CCCCc4ccc(OC(F)(F)F)c(F)c4)CC3)CC2)cc1. The zero-order valence-corrected chi connectivity index (χ0v) is 26.6. The zero-order chi connectivity index (χ0) is 34.1. The summed E-state index contributed by atoms with van der Waals surface area (Å²) in [6, 6.07) is 8.89. The van der Waals surface area contributed by atoms with Crippen molar-refractivity contribution in [2.75, 3.05) is 6.61 Å². The fourth-order valence-electron chi connectivity index (χ4n) is 6.40. The summed E-state index contributed by atoms with van der Waals surface area (Å²) in [6.07, 6.45) is -5.86. The summed E-state index contributed by atoms with van der Waals surface area (Å²) in [5, 5.41) is 0. The molecule has 0 spiro atoms. The zero-order valence-electron chi connectivity index (χ0n) is 26.6. The Hall–Kier alpha value is -2.60. The average Bonchev–Trinajstić information content (AvgIpc) is 3.01. The first-order chi connectivity index (χ1) is 22.2. The smallest absolute Gasteiger partial charge is 0.494 e. The Morgan fingerprint density at radius 2 is 1.36 bits per heavy atom. The molecule has 12 heteroatoms. The predicted molar refractivity (Wildman–Crippen MR) is 160 cm³/mol. The van der Waals surface area contributed by atoms with Crippen molar-refractivity contribution in [2.24, 2.45) is 11.8 Å². The second kappa shape index (κ2) is 16.7.